The molecule has 10 heavy (non-hydrogen) atoms. The van der Waals surface area contributed by atoms with Crippen LogP contribution >= 0.6 is 0 Å². The van der Waals surface area contributed by atoms with Crippen LogP contribution in [0.2, 0.25) is 0 Å². The van der Waals surface area contributed by atoms with Gasteiger partial charge in [-0.05, 0) is 12.1 Å². The van der Waals surface area contributed by atoms with Gasteiger partial charge in [-0.3, -0.25) is 4.79 Å². The number of hydrogen-bond donors (Lipinski definition) is 2. The molecular formula is C7H5N2O. The van der Waals surface area contributed by atoms with Gasteiger partial charge >= 0.3 is 0 Å². The monoisotopic (exact) mass is 133 g/mol. The Morgan fingerprint density at radius 3 is 3.20 bits per heavy atom. The molecule has 2 N–H and O–H groups in total. The van der Waals surface area contributed by atoms with E-state index in [2.05, 4.69) is 16.2 Å². The number of aromatic nitrogens is 2. The maximum absolute atomic E-state index is 10.7. The van der Waals surface area contributed by atoms with Gasteiger partial charge in [-0.25, -0.2) is 0 Å². The molecular weight excluding hydrogens is 128 g/mol. The molecule has 0 saturated heterocycles. The van der Waals surface area contributed by atoms with E-state index >= 15 is 0 Å². The summed E-state index contributed by atoms with van der Waals surface area (Å²) in [6, 6.07) is 5.02. The fourth-order valence-corrected chi connectivity index (χ4v) is 0.896. The first-order valence-corrected chi connectivity index (χ1v) is 2.94. The summed E-state index contributed by atoms with van der Waals surface area (Å²) in [6.45, 7) is 0. The summed E-state index contributed by atoms with van der Waals surface area (Å²) < 4.78 is 0. The second kappa shape index (κ2) is 1.73. The van der Waals surface area contributed by atoms with Gasteiger partial charge < -0.3 is 9.97 Å². The third-order valence-corrected chi connectivity index (χ3v) is 1.38. The number of rotatable bonds is 0. The van der Waals surface area contributed by atoms with Crippen LogP contribution in [0.3, 0.4) is 0 Å². The standard InChI is InChI=1S/C7H5N2O/c10-6-2-1-5-3-4-8-7(5)9-6/h1-3H,(H2,8,9,10). The Morgan fingerprint density at radius 1 is 1.40 bits per heavy atom. The molecule has 3 nitrogen and oxygen atoms in total. The molecule has 2 aromatic heterocycles. The van der Waals surface area contributed by atoms with E-state index < -0.39 is 0 Å². The Kier molecular flexibility index (Phi) is 0.917. The minimum atomic E-state index is -0.0941. The van der Waals surface area contributed by atoms with Gasteiger partial charge in [0.25, 0.3) is 0 Å². The van der Waals surface area contributed by atoms with Gasteiger partial charge in [0.15, 0.2) is 0 Å². The van der Waals surface area contributed by atoms with Gasteiger partial charge in [-0.2, -0.15) is 0 Å². The molecule has 2 aromatic rings. The van der Waals surface area contributed by atoms with Crippen molar-refractivity contribution in [1.82, 2.24) is 9.97 Å². The van der Waals surface area contributed by atoms with Crippen LogP contribution < -0.4 is 5.56 Å². The summed E-state index contributed by atoms with van der Waals surface area (Å²) >= 11 is 0. The molecule has 0 bridgehead atoms. The third kappa shape index (κ3) is 0.639. The van der Waals surface area contributed by atoms with Gasteiger partial charge in [0.1, 0.15) is 5.65 Å². The number of hydrogen-bond acceptors (Lipinski definition) is 1. The summed E-state index contributed by atoms with van der Waals surface area (Å²) in [4.78, 5) is 16.1. The second-order valence-corrected chi connectivity index (χ2v) is 2.07. The Labute approximate surface area is 56.7 Å². The van der Waals surface area contributed by atoms with Crippen molar-refractivity contribution in [2.75, 3.05) is 0 Å². The number of nitrogens with one attached hydrogen (secondary N) is 2. The highest BCUT2D eigenvalue weighted by Gasteiger charge is 1.91. The topological polar surface area (TPSA) is 48.6 Å². The van der Waals surface area contributed by atoms with Gasteiger partial charge in [0.2, 0.25) is 5.56 Å². The zero-order valence-electron chi connectivity index (χ0n) is 5.14. The molecule has 0 aliphatic carbocycles. The van der Waals surface area contributed by atoms with Crippen LogP contribution in [0.4, 0.5) is 0 Å². The van der Waals surface area contributed by atoms with Crippen molar-refractivity contribution in [1.29, 1.82) is 0 Å². The van der Waals surface area contributed by atoms with Crippen molar-refractivity contribution in [3.05, 3.63) is 34.7 Å². The average Bonchev–Trinajstić information content (AvgIpc) is 2.33. The number of pyridine rings is 1. The summed E-state index contributed by atoms with van der Waals surface area (Å²) in [5.41, 5.74) is 0.635. The quantitative estimate of drug-likeness (QED) is 0.544. The Bertz CT molecular complexity index is 399. The fourth-order valence-electron chi connectivity index (χ4n) is 0.896. The predicted molar refractivity (Wildman–Crippen MR) is 37.8 cm³/mol. The highest BCUT2D eigenvalue weighted by molar-refractivity contribution is 5.74. The fraction of sp³-hybridized carbons (Fsp3) is 0. The Hall–Kier alpha value is -1.51. The normalized spacial score (nSPS) is 10.4. The van der Waals surface area contributed by atoms with Gasteiger partial charge in [0, 0.05) is 11.5 Å². The molecule has 0 atom stereocenters. The second-order valence-electron chi connectivity index (χ2n) is 2.07. The lowest BCUT2D eigenvalue weighted by Gasteiger charge is -1.84. The van der Waals surface area contributed by atoms with E-state index in [4.69, 9.17) is 0 Å². The zero-order chi connectivity index (χ0) is 6.97. The first-order chi connectivity index (χ1) is 4.86. The van der Waals surface area contributed by atoms with Crippen LogP contribution in [0, 0.1) is 6.20 Å². The zero-order valence-corrected chi connectivity index (χ0v) is 5.14. The lowest BCUT2D eigenvalue weighted by Crippen LogP contribution is -2.01. The molecule has 0 saturated carbocycles. The molecule has 0 unspecified atom stereocenters. The molecule has 0 aliphatic heterocycles. The molecule has 2 heterocycles. The summed E-state index contributed by atoms with van der Waals surface area (Å²) in [6.07, 6.45) is 2.77. The summed E-state index contributed by atoms with van der Waals surface area (Å²) in [5, 5.41) is 0.972. The van der Waals surface area contributed by atoms with Gasteiger partial charge in [0.05, 0.1) is 6.20 Å². The first-order valence-electron chi connectivity index (χ1n) is 2.94. The number of H-pyrrole nitrogens is 2. The van der Waals surface area contributed by atoms with Gasteiger partial charge in [-0.15, -0.1) is 0 Å². The molecule has 1 radical (unpaired) electrons. The van der Waals surface area contributed by atoms with Crippen molar-refractivity contribution < 1.29 is 0 Å². The van der Waals surface area contributed by atoms with E-state index in [-0.39, 0.29) is 5.56 Å². The van der Waals surface area contributed by atoms with Crippen molar-refractivity contribution in [2.45, 2.75) is 0 Å². The van der Waals surface area contributed by atoms with Crippen molar-refractivity contribution in [2.24, 2.45) is 0 Å². The van der Waals surface area contributed by atoms with Crippen molar-refractivity contribution in [3.63, 3.8) is 0 Å². The minimum absolute atomic E-state index is 0.0941. The highest BCUT2D eigenvalue weighted by atomic mass is 16.1. The van der Waals surface area contributed by atoms with E-state index in [1.54, 1.807) is 12.1 Å². The number of fused-ring (bicyclic) bond motifs is 1. The molecule has 3 heteroatoms. The predicted octanol–water partition coefficient (Wildman–Crippen LogP) is 0.656. The van der Waals surface area contributed by atoms with Crippen LogP contribution in [0.5, 0.6) is 0 Å². The smallest absolute Gasteiger partial charge is 0.249 e. The molecule has 0 aliphatic rings. The molecule has 49 valence electrons. The maximum Gasteiger partial charge on any atom is 0.249 e. The lowest BCUT2D eigenvalue weighted by molar-refractivity contribution is 1.25. The van der Waals surface area contributed by atoms with Gasteiger partial charge in [-0.1, -0.05) is 0 Å². The van der Waals surface area contributed by atoms with Crippen LogP contribution in [-0.2, 0) is 0 Å². The van der Waals surface area contributed by atoms with E-state index in [1.165, 1.54) is 6.07 Å². The molecule has 0 amide bonds. The lowest BCUT2D eigenvalue weighted by atomic mass is 10.3. The van der Waals surface area contributed by atoms with Crippen LogP contribution in [0.1, 0.15) is 0 Å². The van der Waals surface area contributed by atoms with E-state index in [9.17, 15) is 4.79 Å². The average molecular weight is 133 g/mol. The summed E-state index contributed by atoms with van der Waals surface area (Å²) in [7, 11) is 0. The van der Waals surface area contributed by atoms with Crippen molar-refractivity contribution >= 4 is 11.0 Å². The first kappa shape index (κ1) is 5.29. The van der Waals surface area contributed by atoms with E-state index in [0.29, 0.717) is 0 Å². The highest BCUT2D eigenvalue weighted by Crippen LogP contribution is 2.03. The molecule has 0 fully saturated rings. The Morgan fingerprint density at radius 2 is 2.30 bits per heavy atom. The summed E-state index contributed by atoms with van der Waals surface area (Å²) in [5.74, 6) is 0. The molecule has 0 spiro atoms. The Balaban J connectivity index is 2.99. The third-order valence-electron chi connectivity index (χ3n) is 1.38. The molecule has 0 aromatic carbocycles. The minimum Gasteiger partial charge on any atom is -0.340 e. The van der Waals surface area contributed by atoms with Crippen LogP contribution in [0.25, 0.3) is 11.0 Å². The maximum atomic E-state index is 10.7. The number of aromatic amines is 2. The molecule has 2 rings (SSSR count). The van der Waals surface area contributed by atoms with Crippen LogP contribution in [-0.4, -0.2) is 9.97 Å². The van der Waals surface area contributed by atoms with E-state index in [0.717, 1.165) is 11.0 Å². The van der Waals surface area contributed by atoms with E-state index in [1.807, 2.05) is 0 Å². The SMILES string of the molecule is O=c1ccc2c[c][nH]c2[nH]1. The van der Waals surface area contributed by atoms with Crippen molar-refractivity contribution in [3.8, 4) is 0 Å². The largest absolute Gasteiger partial charge is 0.340 e. The van der Waals surface area contributed by atoms with Crippen LogP contribution in [0.15, 0.2) is 23.0 Å².